The second kappa shape index (κ2) is 4.52. The molecule has 0 aliphatic heterocycles. The van der Waals surface area contributed by atoms with Crippen molar-refractivity contribution in [2.24, 2.45) is 0 Å². The number of H-pyrrole nitrogens is 1. The standard InChI is InChI=1S/C14H9ClN2S/c15-10-7-5-9(6-8-10)13-16-12-4-2-1-3-11(12)14(18)17-13/h1-8H,(H,16,17,18). The summed E-state index contributed by atoms with van der Waals surface area (Å²) in [6.45, 7) is 0. The van der Waals surface area contributed by atoms with E-state index in [0.29, 0.717) is 9.66 Å². The van der Waals surface area contributed by atoms with E-state index in [9.17, 15) is 0 Å². The van der Waals surface area contributed by atoms with Gasteiger partial charge in [-0.05, 0) is 36.4 Å². The minimum absolute atomic E-state index is 0.606. The van der Waals surface area contributed by atoms with Gasteiger partial charge in [-0.15, -0.1) is 0 Å². The highest BCUT2D eigenvalue weighted by Gasteiger charge is 2.03. The molecule has 0 spiro atoms. The number of aromatic nitrogens is 2. The number of para-hydroxylation sites is 1. The SMILES string of the molecule is S=c1nc(-c2ccc(Cl)cc2)[nH]c2ccccc12. The van der Waals surface area contributed by atoms with Gasteiger partial charge in [0, 0.05) is 21.5 Å². The van der Waals surface area contributed by atoms with Crippen LogP contribution in [0.2, 0.25) is 5.02 Å². The smallest absolute Gasteiger partial charge is 0.139 e. The lowest BCUT2D eigenvalue weighted by molar-refractivity contribution is 1.21. The molecular formula is C14H9ClN2S. The van der Waals surface area contributed by atoms with Gasteiger partial charge in [-0.2, -0.15) is 0 Å². The van der Waals surface area contributed by atoms with Crippen molar-refractivity contribution < 1.29 is 0 Å². The molecule has 0 atom stereocenters. The maximum Gasteiger partial charge on any atom is 0.139 e. The Bertz CT molecular complexity index is 763. The highest BCUT2D eigenvalue weighted by atomic mass is 35.5. The van der Waals surface area contributed by atoms with Gasteiger partial charge in [0.1, 0.15) is 10.5 Å². The molecular weight excluding hydrogens is 264 g/mol. The number of rotatable bonds is 1. The van der Waals surface area contributed by atoms with E-state index in [1.165, 1.54) is 0 Å². The number of hydrogen-bond donors (Lipinski definition) is 1. The topological polar surface area (TPSA) is 28.7 Å². The highest BCUT2D eigenvalue weighted by molar-refractivity contribution is 7.71. The largest absolute Gasteiger partial charge is 0.339 e. The van der Waals surface area contributed by atoms with Crippen molar-refractivity contribution in [3.63, 3.8) is 0 Å². The summed E-state index contributed by atoms with van der Waals surface area (Å²) in [5.74, 6) is 0.760. The van der Waals surface area contributed by atoms with E-state index in [4.69, 9.17) is 23.8 Å². The zero-order chi connectivity index (χ0) is 12.5. The molecule has 4 heteroatoms. The lowest BCUT2D eigenvalue weighted by atomic mass is 10.2. The minimum atomic E-state index is 0.606. The minimum Gasteiger partial charge on any atom is -0.339 e. The van der Waals surface area contributed by atoms with Crippen molar-refractivity contribution in [1.82, 2.24) is 9.97 Å². The number of hydrogen-bond acceptors (Lipinski definition) is 2. The number of aromatic amines is 1. The number of benzene rings is 2. The maximum absolute atomic E-state index is 5.87. The van der Waals surface area contributed by atoms with Crippen molar-refractivity contribution in [3.05, 3.63) is 58.2 Å². The molecule has 0 saturated carbocycles. The van der Waals surface area contributed by atoms with Gasteiger partial charge < -0.3 is 4.98 Å². The van der Waals surface area contributed by atoms with E-state index in [1.54, 1.807) is 0 Å². The molecule has 2 aromatic carbocycles. The van der Waals surface area contributed by atoms with Crippen LogP contribution in [0.5, 0.6) is 0 Å². The molecule has 0 fully saturated rings. The van der Waals surface area contributed by atoms with Gasteiger partial charge in [-0.3, -0.25) is 0 Å². The molecule has 0 saturated heterocycles. The van der Waals surface area contributed by atoms with Crippen molar-refractivity contribution in [1.29, 1.82) is 0 Å². The molecule has 0 aliphatic carbocycles. The van der Waals surface area contributed by atoms with Crippen LogP contribution in [0.25, 0.3) is 22.3 Å². The summed E-state index contributed by atoms with van der Waals surface area (Å²) in [5, 5.41) is 1.67. The first-order chi connectivity index (χ1) is 8.74. The van der Waals surface area contributed by atoms with Crippen LogP contribution in [0, 0.1) is 4.64 Å². The molecule has 3 aromatic rings. The van der Waals surface area contributed by atoms with Crippen LogP contribution >= 0.6 is 23.8 Å². The lowest BCUT2D eigenvalue weighted by Crippen LogP contribution is -1.91. The molecule has 1 aromatic heterocycles. The zero-order valence-electron chi connectivity index (χ0n) is 9.35. The predicted molar refractivity (Wildman–Crippen MR) is 77.4 cm³/mol. The fraction of sp³-hybridized carbons (Fsp3) is 0. The first-order valence-corrected chi connectivity index (χ1v) is 6.28. The number of fused-ring (bicyclic) bond motifs is 1. The highest BCUT2D eigenvalue weighted by Crippen LogP contribution is 2.21. The summed E-state index contributed by atoms with van der Waals surface area (Å²) in [6, 6.07) is 15.4. The zero-order valence-corrected chi connectivity index (χ0v) is 10.9. The summed E-state index contributed by atoms with van der Waals surface area (Å²) >= 11 is 11.2. The van der Waals surface area contributed by atoms with E-state index < -0.39 is 0 Å². The Morgan fingerprint density at radius 3 is 2.50 bits per heavy atom. The third-order valence-corrected chi connectivity index (χ3v) is 3.30. The molecule has 0 radical (unpaired) electrons. The van der Waals surface area contributed by atoms with Gasteiger partial charge in [0.15, 0.2) is 0 Å². The van der Waals surface area contributed by atoms with Crippen LogP contribution in [0.4, 0.5) is 0 Å². The van der Waals surface area contributed by atoms with Crippen molar-refractivity contribution in [2.75, 3.05) is 0 Å². The third-order valence-electron chi connectivity index (χ3n) is 2.74. The Morgan fingerprint density at radius 2 is 1.72 bits per heavy atom. The fourth-order valence-corrected chi connectivity index (χ4v) is 2.24. The van der Waals surface area contributed by atoms with E-state index in [-0.39, 0.29) is 0 Å². The molecule has 88 valence electrons. The average molecular weight is 273 g/mol. The Kier molecular flexibility index (Phi) is 2.86. The van der Waals surface area contributed by atoms with Crippen molar-refractivity contribution in [2.45, 2.75) is 0 Å². The molecule has 1 heterocycles. The molecule has 3 rings (SSSR count). The second-order valence-corrected chi connectivity index (χ2v) is 4.77. The van der Waals surface area contributed by atoms with Crippen LogP contribution in [0.15, 0.2) is 48.5 Å². The average Bonchev–Trinajstić information content (AvgIpc) is 2.39. The predicted octanol–water partition coefficient (Wildman–Crippen LogP) is 4.61. The van der Waals surface area contributed by atoms with E-state index in [0.717, 1.165) is 22.3 Å². The first kappa shape index (κ1) is 11.4. The molecule has 18 heavy (non-hydrogen) atoms. The van der Waals surface area contributed by atoms with Gasteiger partial charge >= 0.3 is 0 Å². The molecule has 1 N–H and O–H groups in total. The fourth-order valence-electron chi connectivity index (χ4n) is 1.84. The normalized spacial score (nSPS) is 10.7. The van der Waals surface area contributed by atoms with Crippen LogP contribution in [0.3, 0.4) is 0 Å². The molecule has 2 nitrogen and oxygen atoms in total. The van der Waals surface area contributed by atoms with Crippen LogP contribution < -0.4 is 0 Å². The Morgan fingerprint density at radius 1 is 1.00 bits per heavy atom. The Balaban J connectivity index is 2.24. The van der Waals surface area contributed by atoms with Gasteiger partial charge in [-0.1, -0.05) is 36.0 Å². The Hall–Kier alpha value is -1.71. The molecule has 0 aliphatic rings. The number of nitrogens with zero attached hydrogens (tertiary/aromatic N) is 1. The quantitative estimate of drug-likeness (QED) is 0.655. The van der Waals surface area contributed by atoms with Gasteiger partial charge in [-0.25, -0.2) is 4.98 Å². The summed E-state index contributed by atoms with van der Waals surface area (Å²) in [5.41, 5.74) is 1.96. The Labute approximate surface area is 114 Å². The molecule has 0 bridgehead atoms. The third kappa shape index (κ3) is 2.03. The van der Waals surface area contributed by atoms with Crippen LogP contribution in [-0.4, -0.2) is 9.97 Å². The van der Waals surface area contributed by atoms with Crippen LogP contribution in [0.1, 0.15) is 0 Å². The monoisotopic (exact) mass is 272 g/mol. The van der Waals surface area contributed by atoms with E-state index in [2.05, 4.69) is 9.97 Å². The number of nitrogens with one attached hydrogen (secondary N) is 1. The van der Waals surface area contributed by atoms with E-state index in [1.807, 2.05) is 48.5 Å². The summed E-state index contributed by atoms with van der Waals surface area (Å²) in [6.07, 6.45) is 0. The van der Waals surface area contributed by atoms with Gasteiger partial charge in [0.05, 0.1) is 0 Å². The molecule has 0 unspecified atom stereocenters. The van der Waals surface area contributed by atoms with Crippen molar-refractivity contribution >= 4 is 34.7 Å². The van der Waals surface area contributed by atoms with Crippen molar-refractivity contribution in [3.8, 4) is 11.4 Å². The summed E-state index contributed by atoms with van der Waals surface area (Å²) in [4.78, 5) is 7.70. The summed E-state index contributed by atoms with van der Waals surface area (Å²) < 4.78 is 0.606. The lowest BCUT2D eigenvalue weighted by Gasteiger charge is -2.04. The van der Waals surface area contributed by atoms with Gasteiger partial charge in [0.25, 0.3) is 0 Å². The van der Waals surface area contributed by atoms with E-state index >= 15 is 0 Å². The summed E-state index contributed by atoms with van der Waals surface area (Å²) in [7, 11) is 0. The first-order valence-electron chi connectivity index (χ1n) is 5.49. The molecule has 0 amide bonds. The second-order valence-electron chi connectivity index (χ2n) is 3.94. The van der Waals surface area contributed by atoms with Crippen LogP contribution in [-0.2, 0) is 0 Å². The van der Waals surface area contributed by atoms with Gasteiger partial charge in [0.2, 0.25) is 0 Å². The maximum atomic E-state index is 5.87. The number of halogens is 1.